The summed E-state index contributed by atoms with van der Waals surface area (Å²) in [6, 6.07) is 0. The third kappa shape index (κ3) is 0.993. The maximum Gasteiger partial charge on any atom is 0.185 e. The quantitative estimate of drug-likeness (QED) is 0.581. The Morgan fingerprint density at radius 2 is 2.30 bits per heavy atom. The largest absolute Gasteiger partial charge is 0.387 e. The van der Waals surface area contributed by atoms with Crippen molar-refractivity contribution in [1.29, 1.82) is 0 Å². The smallest absolute Gasteiger partial charge is 0.185 e. The lowest BCUT2D eigenvalue weighted by atomic mass is 10.1. The highest BCUT2D eigenvalue weighted by Gasteiger charge is 2.41. The molecule has 0 unspecified atom stereocenters. The number of fused-ring (bicyclic) bond motifs is 2. The number of hydrogen-bond acceptors (Lipinski definition) is 3. The van der Waals surface area contributed by atoms with Crippen molar-refractivity contribution in [2.45, 2.75) is 29.7 Å². The van der Waals surface area contributed by atoms with E-state index in [9.17, 15) is 5.11 Å². The lowest BCUT2D eigenvalue weighted by Crippen LogP contribution is -2.40. The van der Waals surface area contributed by atoms with Gasteiger partial charge in [0.05, 0.1) is 12.7 Å². The van der Waals surface area contributed by atoms with Gasteiger partial charge in [0.25, 0.3) is 0 Å². The summed E-state index contributed by atoms with van der Waals surface area (Å²) in [7, 11) is 0. The average Bonchev–Trinajstić information content (AvgIpc) is 2.29. The summed E-state index contributed by atoms with van der Waals surface area (Å²) in [6.07, 6.45) is 0.150. The standard InChI is InChI=1S/C6H9BrO3/c7-4-1-3-2-9-6(10-3)5(4)8/h3-6,8H,1-2H2/t3-,4-,5-,6+/m0/s1. The molecule has 4 atom stereocenters. The Hall–Kier alpha value is 0.360. The molecule has 2 saturated heterocycles. The first-order chi connectivity index (χ1) is 4.77. The topological polar surface area (TPSA) is 38.7 Å². The van der Waals surface area contributed by atoms with Gasteiger partial charge in [-0.15, -0.1) is 0 Å². The van der Waals surface area contributed by atoms with Crippen LogP contribution in [0.2, 0.25) is 0 Å². The highest BCUT2D eigenvalue weighted by molar-refractivity contribution is 9.09. The molecule has 2 aliphatic rings. The fourth-order valence-electron chi connectivity index (χ4n) is 1.33. The Balaban J connectivity index is 2.09. The van der Waals surface area contributed by atoms with Crippen LogP contribution in [0.25, 0.3) is 0 Å². The molecule has 0 aromatic heterocycles. The van der Waals surface area contributed by atoms with Crippen LogP contribution in [0.1, 0.15) is 6.42 Å². The molecule has 0 aromatic rings. The van der Waals surface area contributed by atoms with Gasteiger partial charge in [-0.1, -0.05) is 15.9 Å². The Bertz CT molecular complexity index is 141. The van der Waals surface area contributed by atoms with E-state index in [0.717, 1.165) is 6.42 Å². The number of halogens is 1. The summed E-state index contributed by atoms with van der Waals surface area (Å²) in [6.45, 7) is 0.629. The van der Waals surface area contributed by atoms with Crippen LogP contribution in [0.15, 0.2) is 0 Å². The zero-order chi connectivity index (χ0) is 7.14. The van der Waals surface area contributed by atoms with E-state index in [-0.39, 0.29) is 17.2 Å². The van der Waals surface area contributed by atoms with Gasteiger partial charge >= 0.3 is 0 Å². The van der Waals surface area contributed by atoms with Crippen LogP contribution >= 0.6 is 15.9 Å². The van der Waals surface area contributed by atoms with Crippen molar-refractivity contribution in [2.75, 3.05) is 6.61 Å². The van der Waals surface area contributed by atoms with Crippen LogP contribution in [0.3, 0.4) is 0 Å². The average molecular weight is 209 g/mol. The highest BCUT2D eigenvalue weighted by atomic mass is 79.9. The molecule has 0 aliphatic carbocycles. The van der Waals surface area contributed by atoms with Gasteiger partial charge in [-0.2, -0.15) is 0 Å². The van der Waals surface area contributed by atoms with E-state index in [1.54, 1.807) is 0 Å². The monoisotopic (exact) mass is 208 g/mol. The molecular formula is C6H9BrO3. The minimum absolute atomic E-state index is 0.138. The molecule has 0 aromatic carbocycles. The molecule has 4 heteroatoms. The first-order valence-electron chi connectivity index (χ1n) is 3.36. The van der Waals surface area contributed by atoms with E-state index in [2.05, 4.69) is 15.9 Å². The van der Waals surface area contributed by atoms with Crippen molar-refractivity contribution in [1.82, 2.24) is 0 Å². The maximum atomic E-state index is 9.37. The second-order valence-corrected chi connectivity index (χ2v) is 3.88. The van der Waals surface area contributed by atoms with E-state index >= 15 is 0 Å². The van der Waals surface area contributed by atoms with Gasteiger partial charge in [0.15, 0.2) is 6.29 Å². The molecule has 0 radical (unpaired) electrons. The molecule has 3 nitrogen and oxygen atoms in total. The van der Waals surface area contributed by atoms with Gasteiger partial charge in [0.2, 0.25) is 0 Å². The van der Waals surface area contributed by atoms with E-state index in [1.807, 2.05) is 0 Å². The number of alkyl halides is 1. The molecule has 58 valence electrons. The van der Waals surface area contributed by atoms with Crippen molar-refractivity contribution in [2.24, 2.45) is 0 Å². The lowest BCUT2D eigenvalue weighted by molar-refractivity contribution is -0.148. The summed E-state index contributed by atoms with van der Waals surface area (Å²) in [5.74, 6) is 0. The molecule has 1 N–H and O–H groups in total. The molecule has 2 aliphatic heterocycles. The van der Waals surface area contributed by atoms with Crippen molar-refractivity contribution in [3.05, 3.63) is 0 Å². The Kier molecular flexibility index (Phi) is 1.72. The molecule has 0 saturated carbocycles. The van der Waals surface area contributed by atoms with Crippen LogP contribution in [-0.4, -0.2) is 35.0 Å². The van der Waals surface area contributed by atoms with Crippen LogP contribution < -0.4 is 0 Å². The molecule has 0 amide bonds. The summed E-state index contributed by atoms with van der Waals surface area (Å²) in [4.78, 5) is 0.138. The van der Waals surface area contributed by atoms with Crippen molar-refractivity contribution in [3.63, 3.8) is 0 Å². The maximum absolute atomic E-state index is 9.37. The third-order valence-corrected chi connectivity index (χ3v) is 2.83. The Morgan fingerprint density at radius 3 is 3.10 bits per heavy atom. The Labute approximate surface area is 67.4 Å². The Morgan fingerprint density at radius 1 is 1.50 bits per heavy atom. The van der Waals surface area contributed by atoms with Crippen molar-refractivity contribution >= 4 is 15.9 Å². The second kappa shape index (κ2) is 2.44. The van der Waals surface area contributed by atoms with Gasteiger partial charge in [0.1, 0.15) is 6.10 Å². The van der Waals surface area contributed by atoms with Gasteiger partial charge < -0.3 is 14.6 Å². The molecule has 10 heavy (non-hydrogen) atoms. The summed E-state index contributed by atoms with van der Waals surface area (Å²) in [5.41, 5.74) is 0. The minimum Gasteiger partial charge on any atom is -0.387 e. The van der Waals surface area contributed by atoms with E-state index < -0.39 is 6.10 Å². The number of ether oxygens (including phenoxy) is 2. The van der Waals surface area contributed by atoms with Crippen LogP contribution in [0.5, 0.6) is 0 Å². The molecule has 2 fully saturated rings. The number of hydrogen-bond donors (Lipinski definition) is 1. The molecule has 0 spiro atoms. The van der Waals surface area contributed by atoms with Gasteiger partial charge in [0, 0.05) is 4.83 Å². The van der Waals surface area contributed by atoms with Crippen LogP contribution in [0, 0.1) is 0 Å². The first-order valence-corrected chi connectivity index (χ1v) is 4.28. The minimum atomic E-state index is -0.501. The zero-order valence-electron chi connectivity index (χ0n) is 5.37. The predicted octanol–water partition coefficient (Wildman–Crippen LogP) is 0.256. The van der Waals surface area contributed by atoms with Crippen LogP contribution in [0.4, 0.5) is 0 Å². The van der Waals surface area contributed by atoms with Crippen molar-refractivity contribution in [3.8, 4) is 0 Å². The van der Waals surface area contributed by atoms with E-state index in [4.69, 9.17) is 9.47 Å². The number of rotatable bonds is 0. The molecule has 2 bridgehead atoms. The second-order valence-electron chi connectivity index (χ2n) is 2.70. The molecular weight excluding hydrogens is 200 g/mol. The van der Waals surface area contributed by atoms with Gasteiger partial charge in [-0.25, -0.2) is 0 Å². The fourth-order valence-corrected chi connectivity index (χ4v) is 2.00. The highest BCUT2D eigenvalue weighted by Crippen LogP contribution is 2.31. The first kappa shape index (κ1) is 7.03. The van der Waals surface area contributed by atoms with E-state index in [1.165, 1.54) is 0 Å². The molecule has 2 heterocycles. The fraction of sp³-hybridized carbons (Fsp3) is 1.00. The van der Waals surface area contributed by atoms with Crippen molar-refractivity contribution < 1.29 is 14.6 Å². The summed E-state index contributed by atoms with van der Waals surface area (Å²) < 4.78 is 10.4. The normalized spacial score (nSPS) is 53.4. The SMILES string of the molecule is O[C@@H]1[C@@H]2OC[C@H](C[C@@H]1Br)O2. The van der Waals surface area contributed by atoms with Gasteiger partial charge in [-0.3, -0.25) is 0 Å². The van der Waals surface area contributed by atoms with Crippen LogP contribution in [-0.2, 0) is 9.47 Å². The molecule has 2 rings (SSSR count). The summed E-state index contributed by atoms with van der Waals surface area (Å²) in [5, 5.41) is 9.37. The lowest BCUT2D eigenvalue weighted by Gasteiger charge is -2.27. The van der Waals surface area contributed by atoms with E-state index in [0.29, 0.717) is 6.61 Å². The number of aliphatic hydroxyl groups excluding tert-OH is 1. The number of aliphatic hydroxyl groups is 1. The third-order valence-electron chi connectivity index (χ3n) is 1.91. The summed E-state index contributed by atoms with van der Waals surface area (Å²) >= 11 is 3.36. The predicted molar refractivity (Wildman–Crippen MR) is 38.0 cm³/mol. The zero-order valence-corrected chi connectivity index (χ0v) is 6.95. The van der Waals surface area contributed by atoms with Gasteiger partial charge in [-0.05, 0) is 6.42 Å².